The Kier molecular flexibility index (Phi) is 5.67. The maximum Gasteiger partial charge on any atom is 0.221 e. The fraction of sp³-hybridized carbons (Fsp3) is 0.211. The van der Waals surface area contributed by atoms with Crippen LogP contribution >= 0.6 is 22.7 Å². The van der Waals surface area contributed by atoms with Crippen molar-refractivity contribution in [2.75, 3.05) is 7.11 Å². The Hall–Kier alpha value is -2.11. The van der Waals surface area contributed by atoms with Gasteiger partial charge in [0.2, 0.25) is 5.91 Å². The first kappa shape index (κ1) is 16.7. The number of amides is 1. The number of ether oxygens (including phenoxy) is 1. The molecular weight excluding hydrogens is 338 g/mol. The van der Waals surface area contributed by atoms with E-state index in [1.54, 1.807) is 29.8 Å². The van der Waals surface area contributed by atoms with Crippen molar-refractivity contribution in [3.8, 4) is 5.75 Å². The molecule has 0 saturated heterocycles. The molecule has 1 N–H and O–H groups in total. The molecule has 0 unspecified atom stereocenters. The molecular formula is C19H19NO2S2. The van der Waals surface area contributed by atoms with Crippen LogP contribution in [0.25, 0.3) is 0 Å². The summed E-state index contributed by atoms with van der Waals surface area (Å²) < 4.78 is 5.15. The SMILES string of the molecule is COc1ccc(CCC(=O)N[C@@H](c2ccsc2)c2cccs2)cc1. The van der Waals surface area contributed by atoms with E-state index in [9.17, 15) is 4.79 Å². The fourth-order valence-electron chi connectivity index (χ4n) is 2.50. The first-order valence-corrected chi connectivity index (χ1v) is 9.56. The van der Waals surface area contributed by atoms with Crippen molar-refractivity contribution >= 4 is 28.6 Å². The minimum atomic E-state index is -0.0559. The quantitative estimate of drug-likeness (QED) is 0.668. The third-order valence-corrected chi connectivity index (χ3v) is 5.45. The predicted molar refractivity (Wildman–Crippen MR) is 99.9 cm³/mol. The van der Waals surface area contributed by atoms with Gasteiger partial charge in [0.05, 0.1) is 13.2 Å². The van der Waals surface area contributed by atoms with E-state index in [1.807, 2.05) is 41.1 Å². The van der Waals surface area contributed by atoms with Crippen molar-refractivity contribution < 1.29 is 9.53 Å². The van der Waals surface area contributed by atoms with Crippen molar-refractivity contribution in [1.82, 2.24) is 5.32 Å². The highest BCUT2D eigenvalue weighted by Gasteiger charge is 2.18. The summed E-state index contributed by atoms with van der Waals surface area (Å²) in [4.78, 5) is 13.6. The van der Waals surface area contributed by atoms with Gasteiger partial charge in [-0.1, -0.05) is 18.2 Å². The molecule has 0 fully saturated rings. The van der Waals surface area contributed by atoms with Crippen LogP contribution < -0.4 is 10.1 Å². The highest BCUT2D eigenvalue weighted by atomic mass is 32.1. The van der Waals surface area contributed by atoms with E-state index in [-0.39, 0.29) is 11.9 Å². The van der Waals surface area contributed by atoms with E-state index in [2.05, 4.69) is 22.8 Å². The molecule has 0 saturated carbocycles. The second kappa shape index (κ2) is 8.13. The highest BCUT2D eigenvalue weighted by molar-refractivity contribution is 7.10. The molecule has 24 heavy (non-hydrogen) atoms. The second-order valence-electron chi connectivity index (χ2n) is 5.42. The smallest absolute Gasteiger partial charge is 0.221 e. The zero-order valence-corrected chi connectivity index (χ0v) is 15.0. The van der Waals surface area contributed by atoms with Crippen LogP contribution in [-0.2, 0) is 11.2 Å². The summed E-state index contributed by atoms with van der Waals surface area (Å²) in [6.45, 7) is 0. The molecule has 0 aliphatic rings. The maximum absolute atomic E-state index is 12.4. The summed E-state index contributed by atoms with van der Waals surface area (Å²) in [6, 6.07) is 13.9. The van der Waals surface area contributed by atoms with Gasteiger partial charge < -0.3 is 10.1 Å². The molecule has 0 aliphatic carbocycles. The first-order chi connectivity index (χ1) is 11.8. The number of hydrogen-bond acceptors (Lipinski definition) is 4. The molecule has 2 heterocycles. The van der Waals surface area contributed by atoms with E-state index in [4.69, 9.17) is 4.74 Å². The van der Waals surface area contributed by atoms with Crippen LogP contribution in [0.2, 0.25) is 0 Å². The van der Waals surface area contributed by atoms with Crippen molar-refractivity contribution in [2.24, 2.45) is 0 Å². The van der Waals surface area contributed by atoms with Crippen LogP contribution in [0.1, 0.15) is 28.5 Å². The molecule has 0 aliphatic heterocycles. The Balaban J connectivity index is 1.61. The third-order valence-electron chi connectivity index (χ3n) is 3.81. The highest BCUT2D eigenvalue weighted by Crippen LogP contribution is 2.27. The zero-order chi connectivity index (χ0) is 16.8. The van der Waals surface area contributed by atoms with Crippen molar-refractivity contribution in [3.05, 3.63) is 74.6 Å². The minimum Gasteiger partial charge on any atom is -0.497 e. The number of rotatable bonds is 7. The average molecular weight is 358 g/mol. The normalized spacial score (nSPS) is 11.9. The number of hydrogen-bond donors (Lipinski definition) is 1. The average Bonchev–Trinajstić information content (AvgIpc) is 3.32. The lowest BCUT2D eigenvalue weighted by Gasteiger charge is -2.16. The van der Waals surface area contributed by atoms with Gasteiger partial charge in [-0.15, -0.1) is 11.3 Å². The standard InChI is InChI=1S/C19H19NO2S2/c1-22-16-7-4-14(5-8-16)6-9-18(21)20-19(15-10-12-23-13-15)17-3-2-11-24-17/h2-5,7-8,10-13,19H,6,9H2,1H3,(H,20,21)/t19-/m0/s1. The van der Waals surface area contributed by atoms with Crippen LogP contribution in [-0.4, -0.2) is 13.0 Å². The van der Waals surface area contributed by atoms with Crippen LogP contribution in [0.4, 0.5) is 0 Å². The molecule has 3 rings (SSSR count). The molecule has 124 valence electrons. The van der Waals surface area contributed by atoms with Gasteiger partial charge in [-0.3, -0.25) is 4.79 Å². The molecule has 3 aromatic rings. The number of benzene rings is 1. The summed E-state index contributed by atoms with van der Waals surface area (Å²) >= 11 is 3.31. The van der Waals surface area contributed by atoms with Crippen LogP contribution in [0.3, 0.4) is 0 Å². The molecule has 1 aromatic carbocycles. The lowest BCUT2D eigenvalue weighted by atomic mass is 10.1. The lowest BCUT2D eigenvalue weighted by Crippen LogP contribution is -2.28. The molecule has 5 heteroatoms. The van der Waals surface area contributed by atoms with Gasteiger partial charge in [-0.05, 0) is 58.0 Å². The van der Waals surface area contributed by atoms with Gasteiger partial charge in [0.15, 0.2) is 0 Å². The van der Waals surface area contributed by atoms with Gasteiger partial charge in [0.1, 0.15) is 5.75 Å². The summed E-state index contributed by atoms with van der Waals surface area (Å²) in [5, 5.41) is 9.34. The predicted octanol–water partition coefficient (Wildman–Crippen LogP) is 4.66. The van der Waals surface area contributed by atoms with Gasteiger partial charge in [-0.25, -0.2) is 0 Å². The van der Waals surface area contributed by atoms with Gasteiger partial charge in [0.25, 0.3) is 0 Å². The fourth-order valence-corrected chi connectivity index (χ4v) is 3.99. The van der Waals surface area contributed by atoms with Crippen molar-refractivity contribution in [1.29, 1.82) is 0 Å². The Bertz CT molecular complexity index is 715. The summed E-state index contributed by atoms with van der Waals surface area (Å²) in [5.41, 5.74) is 2.27. The number of methoxy groups -OCH3 is 1. The van der Waals surface area contributed by atoms with Gasteiger partial charge in [0, 0.05) is 11.3 Å². The summed E-state index contributed by atoms with van der Waals surface area (Å²) in [6.07, 6.45) is 1.19. The van der Waals surface area contributed by atoms with Crippen LogP contribution in [0, 0.1) is 0 Å². The van der Waals surface area contributed by atoms with E-state index in [0.29, 0.717) is 6.42 Å². The van der Waals surface area contributed by atoms with Crippen molar-refractivity contribution in [2.45, 2.75) is 18.9 Å². The Morgan fingerprint density at radius 3 is 2.62 bits per heavy atom. The lowest BCUT2D eigenvalue weighted by molar-refractivity contribution is -0.121. The van der Waals surface area contributed by atoms with Gasteiger partial charge >= 0.3 is 0 Å². The monoisotopic (exact) mass is 357 g/mol. The summed E-state index contributed by atoms with van der Waals surface area (Å²) in [7, 11) is 1.65. The Morgan fingerprint density at radius 1 is 1.17 bits per heavy atom. The number of nitrogens with one attached hydrogen (secondary N) is 1. The van der Waals surface area contributed by atoms with E-state index in [0.717, 1.165) is 28.2 Å². The minimum absolute atomic E-state index is 0.0559. The Labute approximate surface area is 149 Å². The molecule has 0 radical (unpaired) electrons. The molecule has 3 nitrogen and oxygen atoms in total. The number of carbonyl (C=O) groups excluding carboxylic acids is 1. The second-order valence-corrected chi connectivity index (χ2v) is 7.18. The van der Waals surface area contributed by atoms with E-state index >= 15 is 0 Å². The summed E-state index contributed by atoms with van der Waals surface area (Å²) in [5.74, 6) is 0.897. The van der Waals surface area contributed by atoms with E-state index in [1.165, 1.54) is 0 Å². The molecule has 0 spiro atoms. The van der Waals surface area contributed by atoms with E-state index < -0.39 is 0 Å². The molecule has 0 bridgehead atoms. The van der Waals surface area contributed by atoms with Crippen molar-refractivity contribution in [3.63, 3.8) is 0 Å². The van der Waals surface area contributed by atoms with Gasteiger partial charge in [-0.2, -0.15) is 11.3 Å². The first-order valence-electron chi connectivity index (χ1n) is 7.74. The number of aryl methyl sites for hydroxylation is 1. The zero-order valence-electron chi connectivity index (χ0n) is 13.4. The Morgan fingerprint density at radius 2 is 2.00 bits per heavy atom. The molecule has 2 aromatic heterocycles. The largest absolute Gasteiger partial charge is 0.497 e. The number of thiophene rings is 2. The van der Waals surface area contributed by atoms with Crippen LogP contribution in [0.5, 0.6) is 5.75 Å². The molecule has 1 amide bonds. The van der Waals surface area contributed by atoms with Crippen LogP contribution in [0.15, 0.2) is 58.6 Å². The number of carbonyl (C=O) groups is 1. The molecule has 1 atom stereocenters. The topological polar surface area (TPSA) is 38.3 Å². The third kappa shape index (κ3) is 4.24. The maximum atomic E-state index is 12.4.